The minimum absolute atomic E-state index is 0. The molecule has 0 radical (unpaired) electrons. The second kappa shape index (κ2) is 31.8. The van der Waals surface area contributed by atoms with Gasteiger partial charge >= 0.3 is 0 Å². The Labute approximate surface area is 242 Å². The standard InChI is InChI=1S/4C7H12O2.Zr/c4*1-3-4-7(9)5-6(2)8;/h4*5,9H,3-4H2,1-2H3;. The number of aliphatic hydroxyl groups excluding tert-OH is 4. The van der Waals surface area contributed by atoms with Crippen LogP contribution in [0.1, 0.15) is 107 Å². The monoisotopic (exact) mass is 602 g/mol. The Bertz CT molecular complexity index is 634. The van der Waals surface area contributed by atoms with Crippen molar-refractivity contribution in [3.05, 3.63) is 47.3 Å². The molecule has 212 valence electrons. The molecular formula is C28H48O8Zr. The molecule has 0 spiro atoms. The number of carbonyl (C=O) groups excluding carboxylic acids is 4. The van der Waals surface area contributed by atoms with E-state index < -0.39 is 0 Å². The molecule has 9 heteroatoms. The van der Waals surface area contributed by atoms with Crippen LogP contribution in [0.3, 0.4) is 0 Å². The maximum atomic E-state index is 10.3. The summed E-state index contributed by atoms with van der Waals surface area (Å²) in [5, 5.41) is 35.4. The van der Waals surface area contributed by atoms with Gasteiger partial charge in [-0.25, -0.2) is 0 Å². The van der Waals surface area contributed by atoms with E-state index in [0.717, 1.165) is 25.7 Å². The number of ketones is 4. The van der Waals surface area contributed by atoms with E-state index in [-0.39, 0.29) is 72.4 Å². The predicted octanol–water partition coefficient (Wildman–Crippen LogP) is 7.27. The van der Waals surface area contributed by atoms with Gasteiger partial charge in [0, 0.05) is 76.2 Å². The summed E-state index contributed by atoms with van der Waals surface area (Å²) in [7, 11) is 0. The minimum Gasteiger partial charge on any atom is -0.512 e. The zero-order valence-electron chi connectivity index (χ0n) is 23.9. The summed E-state index contributed by atoms with van der Waals surface area (Å²) in [4.78, 5) is 41.2. The molecule has 0 rings (SSSR count). The van der Waals surface area contributed by atoms with Gasteiger partial charge < -0.3 is 20.4 Å². The predicted molar refractivity (Wildman–Crippen MR) is 145 cm³/mol. The third-order valence-corrected chi connectivity index (χ3v) is 3.50. The first-order valence-corrected chi connectivity index (χ1v) is 12.3. The Morgan fingerprint density at radius 2 is 0.568 bits per heavy atom. The number of aliphatic hydroxyl groups is 4. The number of hydrogen-bond acceptors (Lipinski definition) is 8. The fourth-order valence-corrected chi connectivity index (χ4v) is 2.25. The van der Waals surface area contributed by atoms with Crippen molar-refractivity contribution < 1.29 is 65.8 Å². The van der Waals surface area contributed by atoms with Gasteiger partial charge in [-0.2, -0.15) is 0 Å². The van der Waals surface area contributed by atoms with Crippen molar-refractivity contribution in [3.63, 3.8) is 0 Å². The molecule has 0 amide bonds. The molecule has 0 bridgehead atoms. The van der Waals surface area contributed by atoms with Crippen molar-refractivity contribution in [3.8, 4) is 0 Å². The molecule has 0 aliphatic heterocycles. The molecule has 0 aliphatic rings. The van der Waals surface area contributed by atoms with E-state index >= 15 is 0 Å². The summed E-state index contributed by atoms with van der Waals surface area (Å²) in [6.07, 6.45) is 10.9. The van der Waals surface area contributed by atoms with E-state index in [9.17, 15) is 19.2 Å². The topological polar surface area (TPSA) is 149 Å². The molecule has 0 aromatic heterocycles. The second-order valence-corrected chi connectivity index (χ2v) is 7.99. The van der Waals surface area contributed by atoms with Gasteiger partial charge in [-0.05, 0) is 53.4 Å². The molecule has 0 aromatic carbocycles. The Balaban J connectivity index is -0.000000122. The van der Waals surface area contributed by atoms with Gasteiger partial charge in [0.25, 0.3) is 0 Å². The van der Waals surface area contributed by atoms with Gasteiger partial charge in [-0.1, -0.05) is 27.7 Å². The Morgan fingerprint density at radius 1 is 0.432 bits per heavy atom. The van der Waals surface area contributed by atoms with Crippen LogP contribution in [0.4, 0.5) is 0 Å². The van der Waals surface area contributed by atoms with E-state index in [0.29, 0.717) is 25.7 Å². The third-order valence-electron chi connectivity index (χ3n) is 3.50. The maximum Gasteiger partial charge on any atom is 0.155 e. The summed E-state index contributed by atoms with van der Waals surface area (Å²) in [6, 6.07) is 0. The summed E-state index contributed by atoms with van der Waals surface area (Å²) in [5.74, 6) is 0.355. The van der Waals surface area contributed by atoms with Gasteiger partial charge in [-0.15, -0.1) is 0 Å². The van der Waals surface area contributed by atoms with E-state index in [1.54, 1.807) is 0 Å². The van der Waals surface area contributed by atoms with Gasteiger partial charge in [0.05, 0.1) is 23.0 Å². The van der Waals surface area contributed by atoms with Crippen LogP contribution in [-0.4, -0.2) is 43.6 Å². The Kier molecular flexibility index (Phi) is 38.4. The zero-order chi connectivity index (χ0) is 29.1. The van der Waals surface area contributed by atoms with Crippen LogP contribution in [-0.2, 0) is 45.4 Å². The van der Waals surface area contributed by atoms with E-state index in [2.05, 4.69) is 0 Å². The molecule has 0 fully saturated rings. The SMILES string of the molecule is CCCC(O)=CC(C)=O.CCCC(O)=CC(C)=O.CCCC(O)=CC(C)=O.CCCC(O)=CC(C)=O.[Zr]. The molecule has 37 heavy (non-hydrogen) atoms. The van der Waals surface area contributed by atoms with Crippen LogP contribution in [0, 0.1) is 0 Å². The minimum atomic E-state index is -0.0963. The van der Waals surface area contributed by atoms with E-state index in [1.165, 1.54) is 52.0 Å². The van der Waals surface area contributed by atoms with Gasteiger partial charge in [0.15, 0.2) is 23.1 Å². The van der Waals surface area contributed by atoms with Crippen molar-refractivity contribution in [1.29, 1.82) is 0 Å². The van der Waals surface area contributed by atoms with Gasteiger partial charge in [-0.3, -0.25) is 19.2 Å². The normalized spacial score (nSPS) is 11.2. The molecule has 0 aromatic rings. The summed E-state index contributed by atoms with van der Waals surface area (Å²) in [5.41, 5.74) is 0. The summed E-state index contributed by atoms with van der Waals surface area (Å²) >= 11 is 0. The third kappa shape index (κ3) is 51.3. The summed E-state index contributed by atoms with van der Waals surface area (Å²) < 4.78 is 0. The Morgan fingerprint density at radius 3 is 0.649 bits per heavy atom. The largest absolute Gasteiger partial charge is 0.512 e. The van der Waals surface area contributed by atoms with Crippen molar-refractivity contribution in [2.24, 2.45) is 0 Å². The van der Waals surface area contributed by atoms with Crippen molar-refractivity contribution >= 4 is 23.1 Å². The van der Waals surface area contributed by atoms with E-state index in [1.807, 2.05) is 27.7 Å². The average Bonchev–Trinajstić information content (AvgIpc) is 2.68. The number of allylic oxidation sites excluding steroid dienone is 8. The molecule has 0 heterocycles. The first-order chi connectivity index (χ1) is 16.7. The zero-order valence-corrected chi connectivity index (χ0v) is 26.3. The number of hydrogen-bond donors (Lipinski definition) is 4. The van der Waals surface area contributed by atoms with Crippen LogP contribution in [0.5, 0.6) is 0 Å². The van der Waals surface area contributed by atoms with E-state index in [4.69, 9.17) is 20.4 Å². The average molecular weight is 604 g/mol. The van der Waals surface area contributed by atoms with Crippen LogP contribution in [0.2, 0.25) is 0 Å². The molecule has 0 unspecified atom stereocenters. The van der Waals surface area contributed by atoms with Crippen molar-refractivity contribution in [1.82, 2.24) is 0 Å². The molecule has 0 atom stereocenters. The smallest absolute Gasteiger partial charge is 0.155 e. The molecule has 0 saturated carbocycles. The van der Waals surface area contributed by atoms with Crippen LogP contribution >= 0.6 is 0 Å². The number of rotatable bonds is 12. The summed E-state index contributed by atoms with van der Waals surface area (Å²) in [6.45, 7) is 13.5. The van der Waals surface area contributed by atoms with Gasteiger partial charge in [0.2, 0.25) is 0 Å². The Hall–Kier alpha value is -2.28. The fraction of sp³-hybridized carbons (Fsp3) is 0.571. The first kappa shape index (κ1) is 44.7. The first-order valence-electron chi connectivity index (χ1n) is 12.3. The van der Waals surface area contributed by atoms with Crippen molar-refractivity contribution in [2.45, 2.75) is 107 Å². The molecule has 0 aliphatic carbocycles. The second-order valence-electron chi connectivity index (χ2n) is 7.99. The van der Waals surface area contributed by atoms with Crippen LogP contribution < -0.4 is 0 Å². The van der Waals surface area contributed by atoms with Crippen LogP contribution in [0.15, 0.2) is 47.3 Å². The maximum absolute atomic E-state index is 10.3. The quantitative estimate of drug-likeness (QED) is 0.134. The molecule has 4 N–H and O–H groups in total. The van der Waals surface area contributed by atoms with Crippen LogP contribution in [0.25, 0.3) is 0 Å². The molecular weight excluding hydrogens is 556 g/mol. The molecule has 0 saturated heterocycles. The molecule has 8 nitrogen and oxygen atoms in total. The van der Waals surface area contributed by atoms with Crippen molar-refractivity contribution in [2.75, 3.05) is 0 Å². The van der Waals surface area contributed by atoms with Gasteiger partial charge in [0.1, 0.15) is 0 Å². The fourth-order valence-electron chi connectivity index (χ4n) is 2.25. The number of carbonyl (C=O) groups is 4.